The van der Waals surface area contributed by atoms with E-state index in [1.807, 2.05) is 19.9 Å². The van der Waals surface area contributed by atoms with Crippen molar-refractivity contribution in [1.29, 1.82) is 0 Å². The summed E-state index contributed by atoms with van der Waals surface area (Å²) in [5, 5.41) is 3.55. The zero-order valence-electron chi connectivity index (χ0n) is 21.6. The Morgan fingerprint density at radius 2 is 1.94 bits per heavy atom. The molecule has 0 aromatic heterocycles. The molecule has 35 heavy (non-hydrogen) atoms. The highest BCUT2D eigenvalue weighted by Crippen LogP contribution is 2.28. The summed E-state index contributed by atoms with van der Waals surface area (Å²) in [7, 11) is 1.67. The maximum absolute atomic E-state index is 15.1. The van der Waals surface area contributed by atoms with Crippen LogP contribution in [0.25, 0.3) is 0 Å². The maximum Gasteiger partial charge on any atom is 0.258 e. The quantitative estimate of drug-likeness (QED) is 0.392. The third kappa shape index (κ3) is 7.94. The van der Waals surface area contributed by atoms with E-state index in [9.17, 15) is 4.79 Å². The lowest BCUT2D eigenvalue weighted by Crippen LogP contribution is -2.34. The van der Waals surface area contributed by atoms with Gasteiger partial charge in [0, 0.05) is 44.0 Å². The van der Waals surface area contributed by atoms with Crippen LogP contribution in [-0.4, -0.2) is 57.9 Å². The number of nitrogens with one attached hydrogen (secondary N) is 1. The predicted octanol–water partition coefficient (Wildman–Crippen LogP) is 5.26. The van der Waals surface area contributed by atoms with Crippen molar-refractivity contribution in [2.75, 3.05) is 49.7 Å². The molecule has 1 N–H and O–H groups in total. The van der Waals surface area contributed by atoms with Crippen LogP contribution in [0.15, 0.2) is 42.5 Å². The molecule has 1 atom stereocenters. The first kappa shape index (κ1) is 27.0. The Morgan fingerprint density at radius 1 is 1.17 bits per heavy atom. The number of amides is 1. The lowest BCUT2D eigenvalue weighted by molar-refractivity contribution is 0.0768. The fourth-order valence-corrected chi connectivity index (χ4v) is 4.14. The molecule has 0 spiro atoms. The molecule has 0 saturated carbocycles. The van der Waals surface area contributed by atoms with Gasteiger partial charge in [-0.2, -0.15) is 0 Å². The van der Waals surface area contributed by atoms with E-state index in [-0.39, 0.29) is 17.8 Å². The van der Waals surface area contributed by atoms with Crippen LogP contribution in [-0.2, 0) is 4.74 Å². The highest BCUT2D eigenvalue weighted by Gasteiger charge is 2.25. The van der Waals surface area contributed by atoms with Crippen LogP contribution in [0.2, 0.25) is 0 Å². The number of hydrogen-bond acceptors (Lipinski definition) is 5. The number of benzene rings is 2. The van der Waals surface area contributed by atoms with Gasteiger partial charge < -0.3 is 24.6 Å². The van der Waals surface area contributed by atoms with E-state index in [2.05, 4.69) is 17.1 Å². The minimum atomic E-state index is -0.312. The molecule has 2 aromatic rings. The fourth-order valence-electron chi connectivity index (χ4n) is 4.14. The first-order valence-corrected chi connectivity index (χ1v) is 12.8. The standard InChI is InChI=1S/C28H40FN3O3/c1-5-6-17-35-25-11-8-22(9-12-25)28(33)31(4)24-10-13-27(26(29)19-24)32-16-14-23(20-32)30-15-7-18-34-21(2)3/h8-13,19,21,23,30H,5-7,14-18,20H2,1-4H3. The summed E-state index contributed by atoms with van der Waals surface area (Å²) >= 11 is 0. The lowest BCUT2D eigenvalue weighted by atomic mass is 10.1. The Labute approximate surface area is 209 Å². The van der Waals surface area contributed by atoms with Gasteiger partial charge in [0.05, 0.1) is 18.4 Å². The average molecular weight is 486 g/mol. The van der Waals surface area contributed by atoms with Crippen molar-refractivity contribution in [3.05, 3.63) is 53.8 Å². The number of halogens is 1. The number of carbonyl (C=O) groups is 1. The molecule has 0 radical (unpaired) electrons. The summed E-state index contributed by atoms with van der Waals surface area (Å²) in [5.74, 6) is 0.243. The van der Waals surface area contributed by atoms with Crippen molar-refractivity contribution in [3.63, 3.8) is 0 Å². The van der Waals surface area contributed by atoms with Crippen LogP contribution >= 0.6 is 0 Å². The number of anilines is 2. The average Bonchev–Trinajstić information content (AvgIpc) is 3.32. The van der Waals surface area contributed by atoms with Crippen molar-refractivity contribution >= 4 is 17.3 Å². The number of hydrogen-bond donors (Lipinski definition) is 1. The van der Waals surface area contributed by atoms with Crippen LogP contribution in [0.3, 0.4) is 0 Å². The molecular formula is C28H40FN3O3. The summed E-state index contributed by atoms with van der Waals surface area (Å²) in [6.45, 7) is 10.1. The molecule has 1 amide bonds. The molecule has 192 valence electrons. The van der Waals surface area contributed by atoms with E-state index in [0.717, 1.165) is 57.7 Å². The van der Waals surface area contributed by atoms with Crippen LogP contribution < -0.4 is 19.9 Å². The van der Waals surface area contributed by atoms with Gasteiger partial charge in [-0.25, -0.2) is 4.39 Å². The molecule has 7 heteroatoms. The second kappa shape index (κ2) is 13.4. The van der Waals surface area contributed by atoms with Gasteiger partial charge in [0.1, 0.15) is 11.6 Å². The number of rotatable bonds is 13. The number of ether oxygens (including phenoxy) is 2. The predicted molar refractivity (Wildman–Crippen MR) is 140 cm³/mol. The minimum Gasteiger partial charge on any atom is -0.494 e. The van der Waals surface area contributed by atoms with Gasteiger partial charge >= 0.3 is 0 Å². The van der Waals surface area contributed by atoms with E-state index in [0.29, 0.717) is 29.6 Å². The SMILES string of the molecule is CCCCOc1ccc(C(=O)N(C)c2ccc(N3CCC(NCCCOC(C)C)C3)c(F)c2)cc1. The Bertz CT molecular complexity index is 936. The van der Waals surface area contributed by atoms with Gasteiger partial charge in [0.2, 0.25) is 0 Å². The lowest BCUT2D eigenvalue weighted by Gasteiger charge is -2.22. The number of nitrogens with zero attached hydrogens (tertiary/aromatic N) is 2. The highest BCUT2D eigenvalue weighted by molar-refractivity contribution is 6.05. The monoisotopic (exact) mass is 485 g/mol. The highest BCUT2D eigenvalue weighted by atomic mass is 19.1. The van der Waals surface area contributed by atoms with E-state index >= 15 is 4.39 Å². The first-order valence-electron chi connectivity index (χ1n) is 12.8. The topological polar surface area (TPSA) is 54.0 Å². The smallest absolute Gasteiger partial charge is 0.258 e. The molecule has 1 saturated heterocycles. The van der Waals surface area contributed by atoms with Crippen molar-refractivity contribution in [2.24, 2.45) is 0 Å². The Hall–Kier alpha value is -2.64. The van der Waals surface area contributed by atoms with Crippen LogP contribution in [0.4, 0.5) is 15.8 Å². The van der Waals surface area contributed by atoms with Crippen molar-refractivity contribution in [1.82, 2.24) is 5.32 Å². The van der Waals surface area contributed by atoms with Gasteiger partial charge in [-0.3, -0.25) is 4.79 Å². The van der Waals surface area contributed by atoms with Gasteiger partial charge in [-0.15, -0.1) is 0 Å². The third-order valence-electron chi connectivity index (χ3n) is 6.23. The molecule has 0 aliphatic carbocycles. The molecule has 1 unspecified atom stereocenters. The van der Waals surface area contributed by atoms with Gasteiger partial charge in [0.25, 0.3) is 5.91 Å². The normalized spacial score (nSPS) is 15.6. The van der Waals surface area contributed by atoms with E-state index < -0.39 is 0 Å². The molecule has 1 fully saturated rings. The molecule has 2 aromatic carbocycles. The molecule has 6 nitrogen and oxygen atoms in total. The minimum absolute atomic E-state index is 0.191. The summed E-state index contributed by atoms with van der Waals surface area (Å²) in [5.41, 5.74) is 1.64. The second-order valence-electron chi connectivity index (χ2n) is 9.39. The molecule has 1 aliphatic rings. The summed E-state index contributed by atoms with van der Waals surface area (Å²) in [6.07, 6.45) is 4.26. The molecule has 0 bridgehead atoms. The van der Waals surface area contributed by atoms with Crippen LogP contribution in [0.1, 0.15) is 56.8 Å². The van der Waals surface area contributed by atoms with E-state index in [1.54, 1.807) is 37.4 Å². The van der Waals surface area contributed by atoms with Gasteiger partial charge in [-0.05, 0) is 82.1 Å². The van der Waals surface area contributed by atoms with Crippen LogP contribution in [0, 0.1) is 5.82 Å². The van der Waals surface area contributed by atoms with Crippen LogP contribution in [0.5, 0.6) is 5.75 Å². The summed E-state index contributed by atoms with van der Waals surface area (Å²) in [6, 6.07) is 12.5. The molecular weight excluding hydrogens is 445 g/mol. The van der Waals surface area contributed by atoms with Gasteiger partial charge in [0.15, 0.2) is 0 Å². The molecule has 1 heterocycles. The summed E-state index contributed by atoms with van der Waals surface area (Å²) < 4.78 is 26.3. The molecule has 3 rings (SSSR count). The van der Waals surface area contributed by atoms with Gasteiger partial charge in [-0.1, -0.05) is 13.3 Å². The van der Waals surface area contributed by atoms with E-state index in [1.165, 1.54) is 11.0 Å². The van der Waals surface area contributed by atoms with E-state index in [4.69, 9.17) is 9.47 Å². The third-order valence-corrected chi connectivity index (χ3v) is 6.23. The Kier molecular flexibility index (Phi) is 10.4. The second-order valence-corrected chi connectivity index (χ2v) is 9.39. The Morgan fingerprint density at radius 3 is 2.63 bits per heavy atom. The van der Waals surface area contributed by atoms with Crippen molar-refractivity contribution < 1.29 is 18.7 Å². The Balaban J connectivity index is 1.53. The maximum atomic E-state index is 15.1. The zero-order valence-corrected chi connectivity index (χ0v) is 21.6. The summed E-state index contributed by atoms with van der Waals surface area (Å²) in [4.78, 5) is 16.5. The molecule has 1 aliphatic heterocycles. The zero-order chi connectivity index (χ0) is 25.2. The number of unbranched alkanes of at least 4 members (excludes halogenated alkanes) is 1. The number of carbonyl (C=O) groups excluding carboxylic acids is 1. The fraction of sp³-hybridized carbons (Fsp3) is 0.536. The largest absolute Gasteiger partial charge is 0.494 e. The first-order chi connectivity index (χ1) is 16.9. The van der Waals surface area contributed by atoms with Crippen molar-refractivity contribution in [2.45, 2.75) is 58.6 Å². The van der Waals surface area contributed by atoms with Crippen molar-refractivity contribution in [3.8, 4) is 5.75 Å².